The predicted octanol–water partition coefficient (Wildman–Crippen LogP) is 4.59. The number of hydrogen-bond acceptors (Lipinski definition) is 4. The van der Waals surface area contributed by atoms with Crippen molar-refractivity contribution in [3.05, 3.63) is 59.0 Å². The highest BCUT2D eigenvalue weighted by molar-refractivity contribution is 5.83. The topological polar surface area (TPSA) is 67.5 Å². The summed E-state index contributed by atoms with van der Waals surface area (Å²) in [6.45, 7) is 5.93. The Morgan fingerprint density at radius 1 is 1.28 bits per heavy atom. The summed E-state index contributed by atoms with van der Waals surface area (Å²) < 4.78 is 24.9. The molecule has 152 valence electrons. The normalized spacial score (nSPS) is 16.6. The van der Waals surface area contributed by atoms with Crippen molar-refractivity contribution in [1.29, 1.82) is 0 Å². The Bertz CT molecular complexity index is 1070. The number of hydrogen-bond donors (Lipinski definition) is 1. The molecular weight excluding hydrogens is 373 g/mol. The molecule has 0 bridgehead atoms. The molecule has 1 aromatic carbocycles. The average molecular weight is 397 g/mol. The van der Waals surface area contributed by atoms with Crippen LogP contribution in [0.1, 0.15) is 43.6 Å². The number of nitrogens with one attached hydrogen (secondary N) is 1. The number of fused-ring (bicyclic) bond motifs is 3. The molecule has 0 radical (unpaired) electrons. The SMILES string of the molecule is COc1ccc2[nH]c3c(c2n1)CCN(C(=O)OC(C)(C)C)C3c1cccc(F)c1. The highest BCUT2D eigenvalue weighted by Gasteiger charge is 2.37. The lowest BCUT2D eigenvalue weighted by Crippen LogP contribution is -2.43. The van der Waals surface area contributed by atoms with E-state index in [0.717, 1.165) is 22.3 Å². The lowest BCUT2D eigenvalue weighted by molar-refractivity contribution is 0.0175. The number of benzene rings is 1. The molecular formula is C22H24FN3O3. The van der Waals surface area contributed by atoms with Gasteiger partial charge < -0.3 is 14.5 Å². The van der Waals surface area contributed by atoms with Gasteiger partial charge in [-0.1, -0.05) is 12.1 Å². The zero-order valence-electron chi connectivity index (χ0n) is 17.0. The number of amides is 1. The number of methoxy groups -OCH3 is 1. The molecule has 1 unspecified atom stereocenters. The van der Waals surface area contributed by atoms with E-state index in [9.17, 15) is 9.18 Å². The summed E-state index contributed by atoms with van der Waals surface area (Å²) in [6, 6.07) is 9.51. The van der Waals surface area contributed by atoms with Crippen molar-refractivity contribution < 1.29 is 18.7 Å². The van der Waals surface area contributed by atoms with Crippen LogP contribution in [0.25, 0.3) is 11.0 Å². The minimum Gasteiger partial charge on any atom is -0.481 e. The third kappa shape index (κ3) is 3.64. The number of rotatable bonds is 2. The van der Waals surface area contributed by atoms with Crippen molar-refractivity contribution >= 4 is 17.1 Å². The Morgan fingerprint density at radius 2 is 2.07 bits per heavy atom. The van der Waals surface area contributed by atoms with E-state index in [0.29, 0.717) is 24.4 Å². The van der Waals surface area contributed by atoms with E-state index in [-0.39, 0.29) is 5.82 Å². The minimum atomic E-state index is -0.626. The number of aromatic amines is 1. The van der Waals surface area contributed by atoms with Gasteiger partial charge in [-0.2, -0.15) is 0 Å². The van der Waals surface area contributed by atoms with Gasteiger partial charge in [-0.05, 0) is 51.0 Å². The third-order valence-electron chi connectivity index (χ3n) is 4.94. The van der Waals surface area contributed by atoms with Crippen molar-refractivity contribution in [2.45, 2.75) is 38.8 Å². The quantitative estimate of drug-likeness (QED) is 0.687. The third-order valence-corrected chi connectivity index (χ3v) is 4.94. The van der Waals surface area contributed by atoms with E-state index in [1.807, 2.05) is 32.9 Å². The number of H-pyrrole nitrogens is 1. The number of nitrogens with zero attached hydrogens (tertiary/aromatic N) is 2. The van der Waals surface area contributed by atoms with Crippen LogP contribution in [-0.2, 0) is 11.2 Å². The molecule has 3 aromatic rings. The van der Waals surface area contributed by atoms with Gasteiger partial charge in [0.15, 0.2) is 0 Å². The standard InChI is InChI=1S/C22H24FN3O3/c1-22(2,3)29-21(27)26-11-10-15-18-16(8-9-17(25-18)28-4)24-19(15)20(26)13-6-5-7-14(23)12-13/h5-9,12,20,24H,10-11H2,1-4H3. The first-order valence-electron chi connectivity index (χ1n) is 9.57. The monoisotopic (exact) mass is 397 g/mol. The van der Waals surface area contributed by atoms with Crippen molar-refractivity contribution in [3.8, 4) is 5.88 Å². The Labute approximate surface area is 168 Å². The smallest absolute Gasteiger partial charge is 0.411 e. The molecule has 6 nitrogen and oxygen atoms in total. The zero-order chi connectivity index (χ0) is 20.8. The second kappa shape index (κ2) is 7.06. The number of ether oxygens (including phenoxy) is 2. The molecule has 29 heavy (non-hydrogen) atoms. The molecule has 4 rings (SSSR count). The summed E-state index contributed by atoms with van der Waals surface area (Å²) in [4.78, 5) is 22.6. The number of aromatic nitrogens is 2. The van der Waals surface area contributed by atoms with Gasteiger partial charge in [-0.15, -0.1) is 0 Å². The summed E-state index contributed by atoms with van der Waals surface area (Å²) in [6.07, 6.45) is 0.183. The summed E-state index contributed by atoms with van der Waals surface area (Å²) in [5.41, 5.74) is 3.54. The highest BCUT2D eigenvalue weighted by Crippen LogP contribution is 2.39. The lowest BCUT2D eigenvalue weighted by atomic mass is 9.93. The van der Waals surface area contributed by atoms with E-state index in [4.69, 9.17) is 9.47 Å². The van der Waals surface area contributed by atoms with E-state index < -0.39 is 17.7 Å². The maximum atomic E-state index is 14.0. The van der Waals surface area contributed by atoms with Gasteiger partial charge >= 0.3 is 6.09 Å². The first kappa shape index (κ1) is 19.2. The van der Waals surface area contributed by atoms with Crippen molar-refractivity contribution in [2.75, 3.05) is 13.7 Å². The van der Waals surface area contributed by atoms with Crippen molar-refractivity contribution in [2.24, 2.45) is 0 Å². The van der Waals surface area contributed by atoms with Crippen LogP contribution in [0.2, 0.25) is 0 Å². The molecule has 0 aliphatic carbocycles. The molecule has 1 aliphatic rings. The van der Waals surface area contributed by atoms with E-state index in [1.165, 1.54) is 12.1 Å². The zero-order valence-corrected chi connectivity index (χ0v) is 17.0. The molecule has 0 fully saturated rings. The van der Waals surface area contributed by atoms with Gasteiger partial charge in [-0.3, -0.25) is 4.90 Å². The van der Waals surface area contributed by atoms with Gasteiger partial charge in [0.1, 0.15) is 17.5 Å². The molecule has 3 heterocycles. The van der Waals surface area contributed by atoms with Gasteiger partial charge in [0.2, 0.25) is 5.88 Å². The largest absolute Gasteiger partial charge is 0.481 e. The van der Waals surface area contributed by atoms with Gasteiger partial charge in [0.25, 0.3) is 0 Å². The predicted molar refractivity (Wildman–Crippen MR) is 108 cm³/mol. The fourth-order valence-electron chi connectivity index (χ4n) is 3.78. The fraction of sp³-hybridized carbons (Fsp3) is 0.364. The molecule has 1 aliphatic heterocycles. The number of pyridine rings is 1. The van der Waals surface area contributed by atoms with Crippen LogP contribution in [0.3, 0.4) is 0 Å². The Balaban J connectivity index is 1.85. The Hall–Kier alpha value is -3.09. The molecule has 1 atom stereocenters. The van der Waals surface area contributed by atoms with Crippen molar-refractivity contribution in [3.63, 3.8) is 0 Å². The number of halogens is 1. The minimum absolute atomic E-state index is 0.352. The molecule has 0 saturated carbocycles. The lowest BCUT2D eigenvalue weighted by Gasteiger charge is -2.37. The van der Waals surface area contributed by atoms with Crippen LogP contribution in [0.15, 0.2) is 36.4 Å². The molecule has 1 amide bonds. The average Bonchev–Trinajstić information content (AvgIpc) is 3.03. The Kier molecular flexibility index (Phi) is 4.68. The number of carbonyl (C=O) groups is 1. The maximum Gasteiger partial charge on any atom is 0.411 e. The van der Waals surface area contributed by atoms with E-state index in [1.54, 1.807) is 24.1 Å². The van der Waals surface area contributed by atoms with Crippen LogP contribution in [0, 0.1) is 5.82 Å². The summed E-state index contributed by atoms with van der Waals surface area (Å²) in [5.74, 6) is 0.172. The first-order chi connectivity index (χ1) is 13.8. The molecule has 7 heteroatoms. The second-order valence-corrected chi connectivity index (χ2v) is 8.15. The van der Waals surface area contributed by atoms with Crippen molar-refractivity contribution in [1.82, 2.24) is 14.9 Å². The Morgan fingerprint density at radius 3 is 2.76 bits per heavy atom. The molecule has 2 aromatic heterocycles. The highest BCUT2D eigenvalue weighted by atomic mass is 19.1. The molecule has 0 saturated heterocycles. The summed E-state index contributed by atoms with van der Waals surface area (Å²) >= 11 is 0. The van der Waals surface area contributed by atoms with E-state index >= 15 is 0 Å². The number of carbonyl (C=O) groups excluding carboxylic acids is 1. The summed E-state index contributed by atoms with van der Waals surface area (Å²) in [7, 11) is 1.58. The van der Waals surface area contributed by atoms with Gasteiger partial charge in [0, 0.05) is 23.9 Å². The molecule has 1 N–H and O–H groups in total. The molecule has 0 spiro atoms. The van der Waals surface area contributed by atoms with Crippen LogP contribution in [0.5, 0.6) is 5.88 Å². The van der Waals surface area contributed by atoms with E-state index in [2.05, 4.69) is 9.97 Å². The second-order valence-electron chi connectivity index (χ2n) is 8.15. The fourth-order valence-corrected chi connectivity index (χ4v) is 3.78. The van der Waals surface area contributed by atoms with Gasteiger partial charge in [-0.25, -0.2) is 14.2 Å². The van der Waals surface area contributed by atoms with Crippen LogP contribution in [0.4, 0.5) is 9.18 Å². The van der Waals surface area contributed by atoms with Crippen LogP contribution < -0.4 is 4.74 Å². The van der Waals surface area contributed by atoms with Gasteiger partial charge in [0.05, 0.1) is 18.1 Å². The summed E-state index contributed by atoms with van der Waals surface area (Å²) in [5, 5.41) is 0. The van der Waals surface area contributed by atoms with Crippen LogP contribution >= 0.6 is 0 Å². The maximum absolute atomic E-state index is 14.0. The first-order valence-corrected chi connectivity index (χ1v) is 9.57. The van der Waals surface area contributed by atoms with Crippen LogP contribution in [-0.4, -0.2) is 40.2 Å².